The van der Waals surface area contributed by atoms with E-state index in [-0.39, 0.29) is 5.97 Å². The number of ether oxygens (including phenoxy) is 1. The number of rotatable bonds is 3. The van der Waals surface area contributed by atoms with E-state index in [2.05, 4.69) is 4.98 Å². The van der Waals surface area contributed by atoms with Gasteiger partial charge in [0.05, 0.1) is 12.1 Å². The van der Waals surface area contributed by atoms with Crippen LogP contribution in [0, 0.1) is 6.92 Å². The fourth-order valence-corrected chi connectivity index (χ4v) is 2.00. The molecule has 0 aliphatic carbocycles. The van der Waals surface area contributed by atoms with E-state index in [1.807, 2.05) is 43.3 Å². The van der Waals surface area contributed by atoms with Crippen LogP contribution in [0.15, 0.2) is 35.9 Å². The Kier molecular flexibility index (Phi) is 3.95. The number of carbonyl (C=O) groups excluding carboxylic acids is 1. The molecule has 0 aliphatic rings. The summed E-state index contributed by atoms with van der Waals surface area (Å²) >= 11 is 0. The summed E-state index contributed by atoms with van der Waals surface area (Å²) in [5, 5.41) is 1.04. The Balaban J connectivity index is 2.50. The van der Waals surface area contributed by atoms with Crippen LogP contribution in [-0.4, -0.2) is 17.6 Å². The summed E-state index contributed by atoms with van der Waals surface area (Å²) in [4.78, 5) is 16.1. The van der Waals surface area contributed by atoms with E-state index in [1.165, 1.54) is 0 Å². The summed E-state index contributed by atoms with van der Waals surface area (Å²) in [6.07, 6.45) is 1.86. The van der Waals surface area contributed by atoms with E-state index in [0.29, 0.717) is 12.2 Å². The number of aromatic nitrogens is 1. The highest BCUT2D eigenvalue weighted by molar-refractivity contribution is 5.97. The van der Waals surface area contributed by atoms with E-state index in [4.69, 9.17) is 4.74 Å². The van der Waals surface area contributed by atoms with Gasteiger partial charge in [-0.1, -0.05) is 18.2 Å². The van der Waals surface area contributed by atoms with Gasteiger partial charge in [-0.2, -0.15) is 0 Å². The molecule has 0 aliphatic heterocycles. The molecule has 2 aromatic rings. The SMILES string of the molecule is CCOC(=O)/C(C)=C/c1cc(C)nc2ccccc12. The first-order valence-corrected chi connectivity index (χ1v) is 6.33. The van der Waals surface area contributed by atoms with E-state index in [0.717, 1.165) is 22.2 Å². The Bertz CT molecular complexity index is 644. The fraction of sp³-hybridized carbons (Fsp3) is 0.250. The predicted octanol–water partition coefficient (Wildman–Crippen LogP) is 3.51. The molecule has 0 bridgehead atoms. The van der Waals surface area contributed by atoms with Crippen molar-refractivity contribution in [3.8, 4) is 0 Å². The van der Waals surface area contributed by atoms with E-state index < -0.39 is 0 Å². The number of hydrogen-bond donors (Lipinski definition) is 0. The standard InChI is InChI=1S/C16H17NO2/c1-4-19-16(18)11(2)9-13-10-12(3)17-15-8-6-5-7-14(13)15/h5-10H,4H2,1-3H3/b11-9+. The lowest BCUT2D eigenvalue weighted by Gasteiger charge is -2.06. The van der Waals surface area contributed by atoms with Gasteiger partial charge in [-0.25, -0.2) is 4.79 Å². The lowest BCUT2D eigenvalue weighted by molar-refractivity contribution is -0.138. The Labute approximate surface area is 112 Å². The van der Waals surface area contributed by atoms with Crippen LogP contribution < -0.4 is 0 Å². The molecule has 2 rings (SSSR count). The molecular formula is C16H17NO2. The maximum Gasteiger partial charge on any atom is 0.333 e. The van der Waals surface area contributed by atoms with E-state index >= 15 is 0 Å². The average Bonchev–Trinajstić information content (AvgIpc) is 2.38. The van der Waals surface area contributed by atoms with Crippen LogP contribution in [0.3, 0.4) is 0 Å². The van der Waals surface area contributed by atoms with Crippen LogP contribution in [0.4, 0.5) is 0 Å². The lowest BCUT2D eigenvalue weighted by atomic mass is 10.1. The highest BCUT2D eigenvalue weighted by Crippen LogP contribution is 2.20. The average molecular weight is 255 g/mol. The third-order valence-electron chi connectivity index (χ3n) is 2.85. The maximum absolute atomic E-state index is 11.7. The quantitative estimate of drug-likeness (QED) is 0.622. The molecule has 0 fully saturated rings. The fourth-order valence-electron chi connectivity index (χ4n) is 2.00. The summed E-state index contributed by atoms with van der Waals surface area (Å²) in [6, 6.07) is 9.88. The second kappa shape index (κ2) is 5.65. The Morgan fingerprint density at radius 1 is 1.37 bits per heavy atom. The topological polar surface area (TPSA) is 39.2 Å². The highest BCUT2D eigenvalue weighted by Gasteiger charge is 2.07. The van der Waals surface area contributed by atoms with Crippen LogP contribution >= 0.6 is 0 Å². The van der Waals surface area contributed by atoms with Crippen molar-refractivity contribution in [2.45, 2.75) is 20.8 Å². The molecule has 3 heteroatoms. The molecule has 1 aromatic heterocycles. The maximum atomic E-state index is 11.7. The summed E-state index contributed by atoms with van der Waals surface area (Å²) in [5.74, 6) is -0.277. The molecule has 0 atom stereocenters. The van der Waals surface area contributed by atoms with Gasteiger partial charge in [0, 0.05) is 16.7 Å². The van der Waals surface area contributed by atoms with Gasteiger partial charge >= 0.3 is 5.97 Å². The normalized spacial score (nSPS) is 11.6. The smallest absolute Gasteiger partial charge is 0.333 e. The van der Waals surface area contributed by atoms with Crippen molar-refractivity contribution < 1.29 is 9.53 Å². The van der Waals surface area contributed by atoms with E-state index in [9.17, 15) is 4.79 Å². The number of para-hydroxylation sites is 1. The van der Waals surface area contributed by atoms with Crippen molar-refractivity contribution in [3.05, 3.63) is 47.2 Å². The predicted molar refractivity (Wildman–Crippen MR) is 76.8 cm³/mol. The van der Waals surface area contributed by atoms with Crippen molar-refractivity contribution in [1.29, 1.82) is 0 Å². The van der Waals surface area contributed by atoms with Crippen molar-refractivity contribution in [2.75, 3.05) is 6.61 Å². The zero-order chi connectivity index (χ0) is 13.8. The van der Waals surface area contributed by atoms with Crippen LogP contribution in [0.1, 0.15) is 25.1 Å². The number of pyridine rings is 1. The molecule has 3 nitrogen and oxygen atoms in total. The van der Waals surface area contributed by atoms with Gasteiger partial charge in [0.1, 0.15) is 0 Å². The number of esters is 1. The first-order valence-electron chi connectivity index (χ1n) is 6.33. The molecule has 0 unspecified atom stereocenters. The first kappa shape index (κ1) is 13.3. The molecule has 0 saturated heterocycles. The summed E-state index contributed by atoms with van der Waals surface area (Å²) in [7, 11) is 0. The molecule has 1 heterocycles. The molecule has 0 radical (unpaired) electrons. The van der Waals surface area contributed by atoms with Gasteiger partial charge in [-0.3, -0.25) is 4.98 Å². The summed E-state index contributed by atoms with van der Waals surface area (Å²) in [5.41, 5.74) is 3.46. The van der Waals surface area contributed by atoms with Gasteiger partial charge in [0.15, 0.2) is 0 Å². The monoisotopic (exact) mass is 255 g/mol. The number of benzene rings is 1. The van der Waals surface area contributed by atoms with Gasteiger partial charge in [-0.05, 0) is 44.5 Å². The van der Waals surface area contributed by atoms with Gasteiger partial charge in [0.25, 0.3) is 0 Å². The van der Waals surface area contributed by atoms with Crippen LogP contribution in [0.5, 0.6) is 0 Å². The van der Waals surface area contributed by atoms with Gasteiger partial charge < -0.3 is 4.74 Å². The largest absolute Gasteiger partial charge is 0.463 e. The molecule has 1 aromatic carbocycles. The minimum absolute atomic E-state index is 0.277. The lowest BCUT2D eigenvalue weighted by Crippen LogP contribution is -2.04. The molecule has 0 N–H and O–H groups in total. The zero-order valence-electron chi connectivity index (χ0n) is 11.4. The Morgan fingerprint density at radius 3 is 2.84 bits per heavy atom. The molecule has 98 valence electrons. The number of carbonyl (C=O) groups is 1. The van der Waals surface area contributed by atoms with Crippen LogP contribution in [-0.2, 0) is 9.53 Å². The highest BCUT2D eigenvalue weighted by atomic mass is 16.5. The third kappa shape index (κ3) is 2.99. The zero-order valence-corrected chi connectivity index (χ0v) is 11.4. The number of hydrogen-bond acceptors (Lipinski definition) is 3. The third-order valence-corrected chi connectivity index (χ3v) is 2.85. The molecule has 0 amide bonds. The first-order chi connectivity index (χ1) is 9.11. The van der Waals surface area contributed by atoms with Crippen molar-refractivity contribution in [1.82, 2.24) is 4.98 Å². The molecular weight excluding hydrogens is 238 g/mol. The van der Waals surface area contributed by atoms with Gasteiger partial charge in [0.2, 0.25) is 0 Å². The summed E-state index contributed by atoms with van der Waals surface area (Å²) in [6.45, 7) is 5.91. The number of fused-ring (bicyclic) bond motifs is 1. The van der Waals surface area contributed by atoms with Crippen molar-refractivity contribution in [3.63, 3.8) is 0 Å². The van der Waals surface area contributed by atoms with E-state index in [1.54, 1.807) is 13.8 Å². The minimum atomic E-state index is -0.277. The van der Waals surface area contributed by atoms with Crippen molar-refractivity contribution >= 4 is 22.9 Å². The van der Waals surface area contributed by atoms with Gasteiger partial charge in [-0.15, -0.1) is 0 Å². The number of aryl methyl sites for hydroxylation is 1. The second-order valence-corrected chi connectivity index (χ2v) is 4.42. The molecule has 19 heavy (non-hydrogen) atoms. The van der Waals surface area contributed by atoms with Crippen LogP contribution in [0.25, 0.3) is 17.0 Å². The molecule has 0 spiro atoms. The second-order valence-electron chi connectivity index (χ2n) is 4.42. The van der Waals surface area contributed by atoms with Crippen molar-refractivity contribution in [2.24, 2.45) is 0 Å². The minimum Gasteiger partial charge on any atom is -0.463 e. The molecule has 0 saturated carbocycles. The Morgan fingerprint density at radius 2 is 2.11 bits per heavy atom. The number of nitrogens with zero attached hydrogens (tertiary/aromatic N) is 1. The summed E-state index contributed by atoms with van der Waals surface area (Å²) < 4.78 is 5.00. The Hall–Kier alpha value is -2.16. The van der Waals surface area contributed by atoms with Crippen LogP contribution in [0.2, 0.25) is 0 Å².